The molecule has 10 nitrogen and oxygen atoms in total. The van der Waals surface area contributed by atoms with Crippen LogP contribution in [0.4, 0.5) is 0 Å². The Morgan fingerprint density at radius 3 is 2.13 bits per heavy atom. The standard InChI is InChI=1S/C36H39N3O7/c1-42-30-21-26(22-31(43-2)32(30)44-3)24-37-39-35(41)36(23-25-11-6-4-7-12-25)33(27-13-8-5-9-14-27)46-34(38-36)28-15-17-29(18-16-28)45-20-10-19-40/h4-9,11-18,21-22,33,37,40H,10,19-20,23-24H2,1-3H3,(H,39,41)/t33-,36-/m0/s1. The molecule has 46 heavy (non-hydrogen) atoms. The number of hydrazine groups is 1. The number of aliphatic hydroxyl groups is 1. The second kappa shape index (κ2) is 15.3. The lowest BCUT2D eigenvalue weighted by Gasteiger charge is -2.31. The highest BCUT2D eigenvalue weighted by Crippen LogP contribution is 2.42. The maximum absolute atomic E-state index is 14.4. The molecule has 0 fully saturated rings. The van der Waals surface area contributed by atoms with Crippen molar-refractivity contribution in [2.75, 3.05) is 34.5 Å². The molecule has 4 aromatic rings. The minimum Gasteiger partial charge on any atom is -0.494 e. The number of carbonyl (C=O) groups is 1. The molecule has 5 rings (SSSR count). The number of nitrogens with one attached hydrogen (secondary N) is 2. The van der Waals surface area contributed by atoms with Gasteiger partial charge >= 0.3 is 0 Å². The van der Waals surface area contributed by atoms with Gasteiger partial charge in [0.05, 0.1) is 27.9 Å². The van der Waals surface area contributed by atoms with Crippen molar-refractivity contribution in [3.05, 3.63) is 119 Å². The Labute approximate surface area is 268 Å². The van der Waals surface area contributed by atoms with Crippen LogP contribution in [-0.2, 0) is 22.5 Å². The maximum Gasteiger partial charge on any atom is 0.266 e. The Morgan fingerprint density at radius 2 is 1.52 bits per heavy atom. The fourth-order valence-corrected chi connectivity index (χ4v) is 5.39. The van der Waals surface area contributed by atoms with Gasteiger partial charge in [0, 0.05) is 31.6 Å². The lowest BCUT2D eigenvalue weighted by atomic mass is 9.82. The monoisotopic (exact) mass is 625 g/mol. The first-order valence-corrected chi connectivity index (χ1v) is 15.0. The van der Waals surface area contributed by atoms with Gasteiger partial charge in [-0.2, -0.15) is 0 Å². The number of carbonyl (C=O) groups excluding carboxylic acids is 1. The van der Waals surface area contributed by atoms with Crippen molar-refractivity contribution >= 4 is 11.8 Å². The van der Waals surface area contributed by atoms with Crippen molar-refractivity contribution < 1.29 is 33.6 Å². The van der Waals surface area contributed by atoms with Crippen molar-refractivity contribution in [2.45, 2.75) is 31.0 Å². The molecule has 1 amide bonds. The molecule has 3 N–H and O–H groups in total. The third-order valence-corrected chi connectivity index (χ3v) is 7.67. The van der Waals surface area contributed by atoms with Crippen LogP contribution in [0.25, 0.3) is 0 Å². The van der Waals surface area contributed by atoms with E-state index in [1.54, 1.807) is 21.3 Å². The molecule has 0 radical (unpaired) electrons. The van der Waals surface area contributed by atoms with Crippen molar-refractivity contribution in [3.8, 4) is 23.0 Å². The molecule has 10 heteroatoms. The molecule has 0 aromatic heterocycles. The summed E-state index contributed by atoms with van der Waals surface area (Å²) in [6.07, 6.45) is 0.116. The lowest BCUT2D eigenvalue weighted by Crippen LogP contribution is -2.53. The van der Waals surface area contributed by atoms with E-state index in [4.69, 9.17) is 33.8 Å². The summed E-state index contributed by atoms with van der Waals surface area (Å²) < 4.78 is 28.7. The van der Waals surface area contributed by atoms with Crippen LogP contribution in [0, 0.1) is 0 Å². The van der Waals surface area contributed by atoms with Crippen molar-refractivity contribution in [1.82, 2.24) is 10.9 Å². The van der Waals surface area contributed by atoms with E-state index in [9.17, 15) is 4.79 Å². The Morgan fingerprint density at radius 1 is 0.870 bits per heavy atom. The number of nitrogens with zero attached hydrogens (tertiary/aromatic N) is 1. The van der Waals surface area contributed by atoms with Gasteiger partial charge in [0.15, 0.2) is 23.1 Å². The van der Waals surface area contributed by atoms with Gasteiger partial charge in [-0.1, -0.05) is 60.7 Å². The summed E-state index contributed by atoms with van der Waals surface area (Å²) in [5.74, 6) is 2.18. The van der Waals surface area contributed by atoms with Crippen molar-refractivity contribution in [3.63, 3.8) is 0 Å². The number of ether oxygens (including phenoxy) is 5. The van der Waals surface area contributed by atoms with Crippen molar-refractivity contribution in [1.29, 1.82) is 0 Å². The van der Waals surface area contributed by atoms with Gasteiger partial charge in [0.1, 0.15) is 5.75 Å². The van der Waals surface area contributed by atoms with Gasteiger partial charge in [0.25, 0.3) is 5.91 Å². The van der Waals surface area contributed by atoms with Crippen LogP contribution in [-0.4, -0.2) is 57.0 Å². The zero-order valence-corrected chi connectivity index (χ0v) is 26.2. The second-order valence-corrected chi connectivity index (χ2v) is 10.7. The predicted octanol–water partition coefficient (Wildman–Crippen LogP) is 4.79. The number of benzene rings is 4. The summed E-state index contributed by atoms with van der Waals surface area (Å²) in [6, 6.07) is 30.4. The molecule has 240 valence electrons. The van der Waals surface area contributed by atoms with Crippen LogP contribution < -0.4 is 29.8 Å². The summed E-state index contributed by atoms with van der Waals surface area (Å²) in [7, 11) is 4.66. The van der Waals surface area contributed by atoms with E-state index in [0.717, 1.165) is 16.7 Å². The second-order valence-electron chi connectivity index (χ2n) is 10.7. The van der Waals surface area contributed by atoms with Gasteiger partial charge in [-0.3, -0.25) is 10.2 Å². The minimum atomic E-state index is -1.35. The molecular weight excluding hydrogens is 586 g/mol. The number of amides is 1. The highest BCUT2D eigenvalue weighted by Gasteiger charge is 2.53. The highest BCUT2D eigenvalue weighted by molar-refractivity contribution is 6.01. The SMILES string of the molecule is COc1cc(CNNC(=O)[C@@]2(Cc3ccccc3)N=C(c3ccc(OCCCO)cc3)O[C@H]2c2ccccc2)cc(OC)c1OC. The Balaban J connectivity index is 1.47. The van der Waals surface area contributed by atoms with Gasteiger partial charge in [-0.25, -0.2) is 10.4 Å². The van der Waals surface area contributed by atoms with Crippen LogP contribution in [0.3, 0.4) is 0 Å². The normalized spacial score (nSPS) is 17.0. The highest BCUT2D eigenvalue weighted by atomic mass is 16.5. The molecule has 1 aliphatic heterocycles. The molecule has 1 heterocycles. The number of rotatable bonds is 15. The molecule has 0 saturated heterocycles. The van der Waals surface area contributed by atoms with Crippen LogP contribution in [0.15, 0.2) is 102 Å². The summed E-state index contributed by atoms with van der Waals surface area (Å²) in [5, 5.41) is 9.06. The van der Waals surface area contributed by atoms with E-state index in [1.165, 1.54) is 0 Å². The number of aliphatic imine (C=N–C) groups is 1. The Kier molecular flexibility index (Phi) is 10.7. The molecule has 2 atom stereocenters. The average Bonchev–Trinajstić information content (AvgIpc) is 3.49. The van der Waals surface area contributed by atoms with Crippen LogP contribution in [0.2, 0.25) is 0 Å². The summed E-state index contributed by atoms with van der Waals surface area (Å²) in [5.41, 5.74) is 7.92. The van der Waals surface area contributed by atoms with Crippen LogP contribution in [0.5, 0.6) is 23.0 Å². The zero-order chi connectivity index (χ0) is 32.4. The minimum absolute atomic E-state index is 0.0620. The van der Waals surface area contributed by atoms with E-state index < -0.39 is 11.6 Å². The molecule has 0 bridgehead atoms. The zero-order valence-electron chi connectivity index (χ0n) is 26.2. The van der Waals surface area contributed by atoms with Crippen LogP contribution in [0.1, 0.15) is 34.8 Å². The molecule has 0 saturated carbocycles. The number of hydrogen-bond donors (Lipinski definition) is 3. The number of aliphatic hydroxyl groups excluding tert-OH is 1. The Hall–Kier alpha value is -5.06. The third kappa shape index (κ3) is 7.25. The van der Waals surface area contributed by atoms with E-state index in [0.29, 0.717) is 47.5 Å². The quantitative estimate of drug-likeness (QED) is 0.127. The van der Waals surface area contributed by atoms with E-state index in [-0.39, 0.29) is 25.5 Å². The van der Waals surface area contributed by atoms with Gasteiger partial charge < -0.3 is 28.8 Å². The first-order chi connectivity index (χ1) is 22.5. The first-order valence-electron chi connectivity index (χ1n) is 15.0. The van der Waals surface area contributed by atoms with Crippen LogP contribution >= 0.6 is 0 Å². The average molecular weight is 626 g/mol. The van der Waals surface area contributed by atoms with Crippen molar-refractivity contribution in [2.24, 2.45) is 4.99 Å². The number of hydrogen-bond acceptors (Lipinski definition) is 9. The molecule has 0 spiro atoms. The van der Waals surface area contributed by atoms with E-state index >= 15 is 0 Å². The van der Waals surface area contributed by atoms with Gasteiger partial charge in [-0.05, 0) is 53.1 Å². The van der Waals surface area contributed by atoms with Gasteiger partial charge in [0.2, 0.25) is 11.6 Å². The Bertz CT molecular complexity index is 1590. The van der Waals surface area contributed by atoms with E-state index in [1.807, 2.05) is 97.1 Å². The molecule has 0 aliphatic carbocycles. The third-order valence-electron chi connectivity index (χ3n) is 7.67. The van der Waals surface area contributed by atoms with Gasteiger partial charge in [-0.15, -0.1) is 0 Å². The number of methoxy groups -OCH3 is 3. The fourth-order valence-electron chi connectivity index (χ4n) is 5.39. The lowest BCUT2D eigenvalue weighted by molar-refractivity contribution is -0.130. The molecular formula is C36H39N3O7. The maximum atomic E-state index is 14.4. The molecule has 1 aliphatic rings. The topological polar surface area (TPSA) is 120 Å². The molecule has 4 aromatic carbocycles. The summed E-state index contributed by atoms with van der Waals surface area (Å²) in [6.45, 7) is 0.744. The van der Waals surface area contributed by atoms with E-state index in [2.05, 4.69) is 10.9 Å². The summed E-state index contributed by atoms with van der Waals surface area (Å²) in [4.78, 5) is 19.5. The predicted molar refractivity (Wildman–Crippen MR) is 174 cm³/mol. The largest absolute Gasteiger partial charge is 0.494 e. The first kappa shape index (κ1) is 32.3. The molecule has 0 unspecified atom stereocenters. The summed E-state index contributed by atoms with van der Waals surface area (Å²) >= 11 is 0. The fraction of sp³-hybridized carbons (Fsp3) is 0.278. The smallest absolute Gasteiger partial charge is 0.266 e.